The maximum absolute atomic E-state index is 11.8. The first-order valence-electron chi connectivity index (χ1n) is 6.12. The molecule has 5 heteroatoms. The Bertz CT molecular complexity index is 527. The summed E-state index contributed by atoms with van der Waals surface area (Å²) in [6, 6.07) is 5.71. The minimum absolute atomic E-state index is 0.111. The number of carbonyl (C=O) groups is 2. The molecule has 1 aromatic carbocycles. The SMILES string of the molecule is COc1ccc(C2CN(C)C(=O)C(=O)N2C)cc1C. The summed E-state index contributed by atoms with van der Waals surface area (Å²) in [5, 5.41) is 0. The summed E-state index contributed by atoms with van der Waals surface area (Å²) in [5.74, 6) is -0.103. The number of aryl methyl sites for hydroxylation is 1. The van der Waals surface area contributed by atoms with Crippen molar-refractivity contribution < 1.29 is 14.3 Å². The average molecular weight is 262 g/mol. The lowest BCUT2D eigenvalue weighted by Gasteiger charge is -2.37. The Morgan fingerprint density at radius 2 is 1.89 bits per heavy atom. The third-order valence-electron chi connectivity index (χ3n) is 3.57. The molecule has 1 aromatic rings. The maximum Gasteiger partial charge on any atom is 0.312 e. The molecule has 1 fully saturated rings. The molecular weight excluding hydrogens is 244 g/mol. The fourth-order valence-electron chi connectivity index (χ4n) is 2.36. The van der Waals surface area contributed by atoms with Gasteiger partial charge in [0.25, 0.3) is 0 Å². The first-order valence-corrected chi connectivity index (χ1v) is 6.12. The summed E-state index contributed by atoms with van der Waals surface area (Å²) in [6.07, 6.45) is 0. The third kappa shape index (κ3) is 2.28. The van der Waals surface area contributed by atoms with Gasteiger partial charge in [-0.1, -0.05) is 12.1 Å². The van der Waals surface area contributed by atoms with Crippen LogP contribution in [-0.4, -0.2) is 49.4 Å². The van der Waals surface area contributed by atoms with Crippen molar-refractivity contribution in [3.63, 3.8) is 0 Å². The zero-order valence-electron chi connectivity index (χ0n) is 11.6. The van der Waals surface area contributed by atoms with Gasteiger partial charge in [0.15, 0.2) is 0 Å². The number of likely N-dealkylation sites (N-methyl/N-ethyl adjacent to an activating group) is 2. The lowest BCUT2D eigenvalue weighted by Crippen LogP contribution is -2.52. The Morgan fingerprint density at radius 3 is 2.47 bits per heavy atom. The number of methoxy groups -OCH3 is 1. The summed E-state index contributed by atoms with van der Waals surface area (Å²) < 4.78 is 5.23. The predicted octanol–water partition coefficient (Wildman–Crippen LogP) is 0.975. The van der Waals surface area contributed by atoms with Crippen molar-refractivity contribution in [3.05, 3.63) is 29.3 Å². The number of hydrogen-bond acceptors (Lipinski definition) is 3. The van der Waals surface area contributed by atoms with Crippen molar-refractivity contribution in [2.45, 2.75) is 13.0 Å². The molecule has 0 N–H and O–H groups in total. The van der Waals surface area contributed by atoms with Crippen molar-refractivity contribution in [1.29, 1.82) is 0 Å². The number of piperazine rings is 1. The van der Waals surface area contributed by atoms with Gasteiger partial charge in [0, 0.05) is 20.6 Å². The zero-order chi connectivity index (χ0) is 14.2. The van der Waals surface area contributed by atoms with E-state index in [1.165, 1.54) is 9.80 Å². The van der Waals surface area contributed by atoms with E-state index in [-0.39, 0.29) is 6.04 Å². The van der Waals surface area contributed by atoms with E-state index >= 15 is 0 Å². The maximum atomic E-state index is 11.8. The molecule has 1 saturated heterocycles. The summed E-state index contributed by atoms with van der Waals surface area (Å²) in [4.78, 5) is 26.4. The lowest BCUT2D eigenvalue weighted by atomic mass is 10.0. The van der Waals surface area contributed by atoms with Crippen LogP contribution in [-0.2, 0) is 9.59 Å². The van der Waals surface area contributed by atoms with Crippen LogP contribution in [0.15, 0.2) is 18.2 Å². The van der Waals surface area contributed by atoms with Gasteiger partial charge in [0.1, 0.15) is 5.75 Å². The standard InChI is InChI=1S/C14H18N2O3/c1-9-7-10(5-6-12(9)19-4)11-8-15(2)13(17)14(18)16(11)3/h5-7,11H,8H2,1-4H3. The van der Waals surface area contributed by atoms with Crippen molar-refractivity contribution in [1.82, 2.24) is 9.80 Å². The van der Waals surface area contributed by atoms with Gasteiger partial charge in [0.05, 0.1) is 13.2 Å². The van der Waals surface area contributed by atoms with Gasteiger partial charge in [0.2, 0.25) is 0 Å². The van der Waals surface area contributed by atoms with Crippen molar-refractivity contribution in [2.75, 3.05) is 27.7 Å². The van der Waals surface area contributed by atoms with Crippen LogP contribution in [0.1, 0.15) is 17.2 Å². The van der Waals surface area contributed by atoms with Crippen LogP contribution in [0.2, 0.25) is 0 Å². The van der Waals surface area contributed by atoms with E-state index in [2.05, 4.69) is 0 Å². The monoisotopic (exact) mass is 262 g/mol. The molecule has 2 amide bonds. The van der Waals surface area contributed by atoms with Gasteiger partial charge in [-0.2, -0.15) is 0 Å². The second-order valence-electron chi connectivity index (χ2n) is 4.85. The minimum Gasteiger partial charge on any atom is -0.496 e. The van der Waals surface area contributed by atoms with Crippen molar-refractivity contribution in [2.24, 2.45) is 0 Å². The average Bonchev–Trinajstić information content (AvgIpc) is 2.40. The van der Waals surface area contributed by atoms with Crippen LogP contribution in [0.4, 0.5) is 0 Å². The number of ether oxygens (including phenoxy) is 1. The second kappa shape index (κ2) is 4.91. The highest BCUT2D eigenvalue weighted by atomic mass is 16.5. The van der Waals surface area contributed by atoms with E-state index in [1.54, 1.807) is 21.2 Å². The van der Waals surface area contributed by atoms with E-state index in [1.807, 2.05) is 25.1 Å². The highest BCUT2D eigenvalue weighted by molar-refractivity contribution is 6.35. The highest BCUT2D eigenvalue weighted by Crippen LogP contribution is 2.28. The molecule has 1 atom stereocenters. The van der Waals surface area contributed by atoms with Gasteiger partial charge < -0.3 is 14.5 Å². The molecule has 0 saturated carbocycles. The van der Waals surface area contributed by atoms with Crippen LogP contribution in [0, 0.1) is 6.92 Å². The molecule has 1 unspecified atom stereocenters. The molecule has 0 bridgehead atoms. The molecule has 19 heavy (non-hydrogen) atoms. The van der Waals surface area contributed by atoms with Crippen LogP contribution in [0.3, 0.4) is 0 Å². The van der Waals surface area contributed by atoms with Crippen LogP contribution in [0.25, 0.3) is 0 Å². The summed E-state index contributed by atoms with van der Waals surface area (Å²) in [6.45, 7) is 2.47. The number of rotatable bonds is 2. The van der Waals surface area contributed by atoms with Crippen molar-refractivity contribution >= 4 is 11.8 Å². The number of benzene rings is 1. The Morgan fingerprint density at radius 1 is 1.21 bits per heavy atom. The molecule has 1 heterocycles. The van der Waals surface area contributed by atoms with Crippen LogP contribution < -0.4 is 4.74 Å². The van der Waals surface area contributed by atoms with Crippen LogP contribution in [0.5, 0.6) is 5.75 Å². The number of amides is 2. The lowest BCUT2D eigenvalue weighted by molar-refractivity contribution is -0.156. The van der Waals surface area contributed by atoms with Gasteiger partial charge >= 0.3 is 11.8 Å². The van der Waals surface area contributed by atoms with E-state index < -0.39 is 11.8 Å². The van der Waals surface area contributed by atoms with Crippen LogP contribution >= 0.6 is 0 Å². The van der Waals surface area contributed by atoms with E-state index in [0.29, 0.717) is 6.54 Å². The molecule has 0 aromatic heterocycles. The molecule has 0 aliphatic carbocycles. The second-order valence-corrected chi connectivity index (χ2v) is 4.85. The van der Waals surface area contributed by atoms with E-state index in [4.69, 9.17) is 4.74 Å². The first kappa shape index (κ1) is 13.4. The largest absolute Gasteiger partial charge is 0.496 e. The molecule has 102 valence electrons. The fourth-order valence-corrected chi connectivity index (χ4v) is 2.36. The highest BCUT2D eigenvalue weighted by Gasteiger charge is 2.35. The Hall–Kier alpha value is -2.04. The van der Waals surface area contributed by atoms with Crippen molar-refractivity contribution in [3.8, 4) is 5.75 Å². The molecule has 2 rings (SSSR count). The molecule has 0 radical (unpaired) electrons. The molecule has 5 nitrogen and oxygen atoms in total. The molecule has 0 spiro atoms. The minimum atomic E-state index is -0.466. The van der Waals surface area contributed by atoms with Gasteiger partial charge in [-0.25, -0.2) is 0 Å². The quantitative estimate of drug-likeness (QED) is 0.746. The third-order valence-corrected chi connectivity index (χ3v) is 3.57. The molecular formula is C14H18N2O3. The van der Waals surface area contributed by atoms with E-state index in [9.17, 15) is 9.59 Å². The molecule has 1 aliphatic rings. The first-order chi connectivity index (χ1) is 8.95. The molecule has 1 aliphatic heterocycles. The number of nitrogens with zero attached hydrogens (tertiary/aromatic N) is 2. The normalized spacial score (nSPS) is 19.9. The Kier molecular flexibility index (Phi) is 3.46. The smallest absolute Gasteiger partial charge is 0.312 e. The fraction of sp³-hybridized carbons (Fsp3) is 0.429. The number of carbonyl (C=O) groups excluding carboxylic acids is 2. The summed E-state index contributed by atoms with van der Waals surface area (Å²) in [7, 11) is 4.94. The van der Waals surface area contributed by atoms with Gasteiger partial charge in [-0.3, -0.25) is 9.59 Å². The predicted molar refractivity (Wildman–Crippen MR) is 70.9 cm³/mol. The summed E-state index contributed by atoms with van der Waals surface area (Å²) >= 11 is 0. The Balaban J connectivity index is 2.33. The zero-order valence-corrected chi connectivity index (χ0v) is 11.6. The van der Waals surface area contributed by atoms with E-state index in [0.717, 1.165) is 16.9 Å². The van der Waals surface area contributed by atoms with Gasteiger partial charge in [-0.15, -0.1) is 0 Å². The summed E-state index contributed by atoms with van der Waals surface area (Å²) in [5.41, 5.74) is 2.02. The topological polar surface area (TPSA) is 49.9 Å². The number of hydrogen-bond donors (Lipinski definition) is 0. The Labute approximate surface area is 112 Å². The van der Waals surface area contributed by atoms with Gasteiger partial charge in [-0.05, 0) is 24.1 Å².